The SMILES string of the molecule is C=C/C(F)=C\C(=C/C)Cn1cncc1CC(=O)OC. The molecule has 1 rings (SSSR count). The second kappa shape index (κ2) is 7.31. The van der Waals surface area contributed by atoms with Gasteiger partial charge in [-0.2, -0.15) is 0 Å². The molecule has 0 aliphatic rings. The molecule has 0 N–H and O–H groups in total. The van der Waals surface area contributed by atoms with Gasteiger partial charge in [0.25, 0.3) is 0 Å². The van der Waals surface area contributed by atoms with Gasteiger partial charge in [0.15, 0.2) is 0 Å². The van der Waals surface area contributed by atoms with Gasteiger partial charge in [-0.1, -0.05) is 12.7 Å². The normalized spacial score (nSPS) is 12.4. The molecule has 0 unspecified atom stereocenters. The largest absolute Gasteiger partial charge is 0.469 e. The maximum absolute atomic E-state index is 13.2. The van der Waals surface area contributed by atoms with Crippen molar-refractivity contribution < 1.29 is 13.9 Å². The van der Waals surface area contributed by atoms with Crippen LogP contribution >= 0.6 is 0 Å². The summed E-state index contributed by atoms with van der Waals surface area (Å²) < 4.78 is 19.6. The summed E-state index contributed by atoms with van der Waals surface area (Å²) in [6.45, 7) is 5.62. The molecule has 0 bridgehead atoms. The first-order valence-corrected chi connectivity index (χ1v) is 5.81. The summed E-state index contributed by atoms with van der Waals surface area (Å²) in [6.07, 6.45) is 7.67. The summed E-state index contributed by atoms with van der Waals surface area (Å²) in [7, 11) is 1.34. The number of hydrogen-bond donors (Lipinski definition) is 0. The number of carbonyl (C=O) groups excluding carboxylic acids is 1. The van der Waals surface area contributed by atoms with Crippen molar-refractivity contribution in [1.82, 2.24) is 9.55 Å². The molecule has 0 atom stereocenters. The number of imidazole rings is 1. The van der Waals surface area contributed by atoms with Gasteiger partial charge in [-0.3, -0.25) is 4.79 Å². The Kier molecular flexibility index (Phi) is 5.73. The van der Waals surface area contributed by atoms with Crippen LogP contribution in [0.2, 0.25) is 0 Å². The van der Waals surface area contributed by atoms with E-state index in [-0.39, 0.29) is 12.4 Å². The molecule has 0 aliphatic heterocycles. The van der Waals surface area contributed by atoms with Crippen molar-refractivity contribution in [2.45, 2.75) is 19.9 Å². The van der Waals surface area contributed by atoms with E-state index in [2.05, 4.69) is 16.3 Å². The van der Waals surface area contributed by atoms with Crippen LogP contribution in [-0.4, -0.2) is 22.6 Å². The van der Waals surface area contributed by atoms with E-state index in [9.17, 15) is 9.18 Å². The lowest BCUT2D eigenvalue weighted by Gasteiger charge is -2.08. The van der Waals surface area contributed by atoms with Crippen molar-refractivity contribution in [3.8, 4) is 0 Å². The lowest BCUT2D eigenvalue weighted by atomic mass is 10.2. The van der Waals surface area contributed by atoms with Crippen LogP contribution in [-0.2, 0) is 22.5 Å². The summed E-state index contributed by atoms with van der Waals surface area (Å²) in [5, 5.41) is 0. The third-order valence-electron chi connectivity index (χ3n) is 2.59. The third kappa shape index (κ3) is 4.54. The highest BCUT2D eigenvalue weighted by atomic mass is 19.1. The minimum absolute atomic E-state index is 0.140. The van der Waals surface area contributed by atoms with Gasteiger partial charge in [-0.05, 0) is 24.6 Å². The van der Waals surface area contributed by atoms with Crippen molar-refractivity contribution in [2.24, 2.45) is 0 Å². The van der Waals surface area contributed by atoms with Crippen LogP contribution in [0.4, 0.5) is 4.39 Å². The fourth-order valence-corrected chi connectivity index (χ4v) is 1.51. The standard InChI is InChI=1S/C14H17FN2O2/c1-4-11(6-12(15)5-2)9-17-10-16-8-13(17)7-14(18)19-3/h4-6,8,10H,2,7,9H2,1,3H3/b11-4+,12-6+. The van der Waals surface area contributed by atoms with Crippen LogP contribution in [0, 0.1) is 0 Å². The van der Waals surface area contributed by atoms with E-state index in [0.717, 1.165) is 17.3 Å². The molecule has 0 radical (unpaired) electrons. The zero-order valence-electron chi connectivity index (χ0n) is 11.1. The first-order valence-electron chi connectivity index (χ1n) is 5.81. The third-order valence-corrected chi connectivity index (χ3v) is 2.59. The van der Waals surface area contributed by atoms with Crippen molar-refractivity contribution in [2.75, 3.05) is 7.11 Å². The Morgan fingerprint density at radius 3 is 2.95 bits per heavy atom. The van der Waals surface area contributed by atoms with E-state index >= 15 is 0 Å². The maximum Gasteiger partial charge on any atom is 0.311 e. The summed E-state index contributed by atoms with van der Waals surface area (Å²) in [5.41, 5.74) is 1.49. The van der Waals surface area contributed by atoms with Crippen molar-refractivity contribution in [1.29, 1.82) is 0 Å². The minimum Gasteiger partial charge on any atom is -0.469 e. The Balaban J connectivity index is 2.85. The molecule has 0 aliphatic carbocycles. The number of aromatic nitrogens is 2. The van der Waals surface area contributed by atoms with Gasteiger partial charge in [-0.15, -0.1) is 0 Å². The molecule has 19 heavy (non-hydrogen) atoms. The zero-order chi connectivity index (χ0) is 14.3. The summed E-state index contributed by atoms with van der Waals surface area (Å²) >= 11 is 0. The molecule has 0 amide bonds. The number of allylic oxidation sites excluding steroid dienone is 5. The smallest absolute Gasteiger partial charge is 0.311 e. The number of methoxy groups -OCH3 is 1. The highest BCUT2D eigenvalue weighted by molar-refractivity contribution is 5.71. The quantitative estimate of drug-likeness (QED) is 0.586. The first kappa shape index (κ1) is 14.9. The fourth-order valence-electron chi connectivity index (χ4n) is 1.51. The van der Waals surface area contributed by atoms with Gasteiger partial charge >= 0.3 is 5.97 Å². The van der Waals surface area contributed by atoms with Crippen LogP contribution in [0.1, 0.15) is 12.6 Å². The molecule has 5 heteroatoms. The van der Waals surface area contributed by atoms with Crippen LogP contribution in [0.25, 0.3) is 0 Å². The maximum atomic E-state index is 13.2. The van der Waals surface area contributed by atoms with E-state index in [1.165, 1.54) is 13.2 Å². The highest BCUT2D eigenvalue weighted by Gasteiger charge is 2.09. The average molecular weight is 264 g/mol. The molecule has 1 heterocycles. The van der Waals surface area contributed by atoms with Crippen molar-refractivity contribution in [3.63, 3.8) is 0 Å². The monoisotopic (exact) mass is 264 g/mol. The Morgan fingerprint density at radius 2 is 2.37 bits per heavy atom. The minimum atomic E-state index is -0.400. The van der Waals surface area contributed by atoms with Crippen LogP contribution < -0.4 is 0 Å². The Labute approximate surface area is 111 Å². The van der Waals surface area contributed by atoms with Crippen molar-refractivity contribution >= 4 is 5.97 Å². The predicted molar refractivity (Wildman–Crippen MR) is 71.1 cm³/mol. The van der Waals surface area contributed by atoms with Crippen LogP contribution in [0.15, 0.2) is 48.7 Å². The summed E-state index contributed by atoms with van der Waals surface area (Å²) in [4.78, 5) is 15.2. The second-order valence-electron chi connectivity index (χ2n) is 3.86. The van der Waals surface area contributed by atoms with Crippen LogP contribution in [0.3, 0.4) is 0 Å². The topological polar surface area (TPSA) is 44.1 Å². The molecule has 1 aromatic rings. The van der Waals surface area contributed by atoms with Gasteiger partial charge in [0, 0.05) is 18.4 Å². The van der Waals surface area contributed by atoms with Gasteiger partial charge in [-0.25, -0.2) is 9.37 Å². The number of halogens is 1. The number of ether oxygens (including phenoxy) is 1. The van der Waals surface area contributed by atoms with Gasteiger partial charge in [0.05, 0.1) is 19.9 Å². The van der Waals surface area contributed by atoms with Crippen LogP contribution in [0.5, 0.6) is 0 Å². The van der Waals surface area contributed by atoms with E-state index in [1.54, 1.807) is 23.2 Å². The highest BCUT2D eigenvalue weighted by Crippen LogP contribution is 2.11. The molecule has 0 saturated heterocycles. The number of esters is 1. The van der Waals surface area contributed by atoms with Gasteiger partial charge < -0.3 is 9.30 Å². The summed E-state index contributed by atoms with van der Waals surface area (Å²) in [6, 6.07) is 0. The molecule has 0 saturated carbocycles. The number of hydrogen-bond acceptors (Lipinski definition) is 3. The van der Waals surface area contributed by atoms with E-state index in [1.807, 2.05) is 6.92 Å². The number of nitrogens with zero attached hydrogens (tertiary/aromatic N) is 2. The first-order chi connectivity index (χ1) is 9.10. The van der Waals surface area contributed by atoms with E-state index in [0.29, 0.717) is 6.54 Å². The zero-order valence-corrected chi connectivity index (χ0v) is 11.1. The van der Waals surface area contributed by atoms with E-state index in [4.69, 9.17) is 0 Å². The second-order valence-corrected chi connectivity index (χ2v) is 3.86. The Morgan fingerprint density at radius 1 is 1.63 bits per heavy atom. The molecule has 1 aromatic heterocycles. The molecule has 4 nitrogen and oxygen atoms in total. The molecule has 0 aromatic carbocycles. The Hall–Kier alpha value is -2.17. The summed E-state index contributed by atoms with van der Waals surface area (Å²) in [5.74, 6) is -0.737. The van der Waals surface area contributed by atoms with Gasteiger partial charge in [0.2, 0.25) is 0 Å². The number of rotatable bonds is 6. The van der Waals surface area contributed by atoms with E-state index < -0.39 is 5.83 Å². The van der Waals surface area contributed by atoms with Gasteiger partial charge in [0.1, 0.15) is 5.83 Å². The lowest BCUT2D eigenvalue weighted by molar-refractivity contribution is -0.139. The molecule has 0 spiro atoms. The van der Waals surface area contributed by atoms with Crippen molar-refractivity contribution in [3.05, 3.63) is 54.4 Å². The Bertz CT molecular complexity index is 515. The average Bonchev–Trinajstić information content (AvgIpc) is 2.84. The predicted octanol–water partition coefficient (Wildman–Crippen LogP) is 2.58. The fraction of sp³-hybridized carbons (Fsp3) is 0.286. The lowest BCUT2D eigenvalue weighted by Crippen LogP contribution is -2.10. The number of carbonyl (C=O) groups is 1. The molecular weight excluding hydrogens is 247 g/mol. The molecule has 0 fully saturated rings. The molecular formula is C14H17FN2O2. The molecule has 102 valence electrons.